The van der Waals surface area contributed by atoms with Gasteiger partial charge in [-0.3, -0.25) is 10.1 Å². The van der Waals surface area contributed by atoms with Crippen molar-refractivity contribution in [2.75, 3.05) is 0 Å². The van der Waals surface area contributed by atoms with Crippen LogP contribution in [-0.2, 0) is 15.7 Å². The van der Waals surface area contributed by atoms with Crippen LogP contribution in [-0.4, -0.2) is 16.8 Å². The zero-order chi connectivity index (χ0) is 24.5. The molecule has 0 bridgehead atoms. The zero-order valence-electron chi connectivity index (χ0n) is 16.9. The smallest absolute Gasteiger partial charge is 0.416 e. The molecule has 1 aliphatic heterocycles. The van der Waals surface area contributed by atoms with Crippen molar-refractivity contribution in [1.82, 2.24) is 0 Å². The Morgan fingerprint density at radius 2 is 1.71 bits per heavy atom. The van der Waals surface area contributed by atoms with Gasteiger partial charge in [-0.25, -0.2) is 9.79 Å². The first-order chi connectivity index (χ1) is 16.1. The highest BCUT2D eigenvalue weighted by Crippen LogP contribution is 2.38. The fourth-order valence-electron chi connectivity index (χ4n) is 2.96. The van der Waals surface area contributed by atoms with Gasteiger partial charge >= 0.3 is 17.8 Å². The number of halogens is 4. The molecule has 7 nitrogen and oxygen atoms in total. The molecule has 11 heteroatoms. The number of hydrogen-bond acceptors (Lipinski definition) is 6. The van der Waals surface area contributed by atoms with Crippen LogP contribution in [0.15, 0.2) is 81.9 Å². The average molecular weight is 533 g/mol. The molecule has 0 N–H and O–H groups in total. The standard InChI is InChI=1S/C23H12BrF3N2O5/c24-16-6-3-14(4-7-16)21-28-18(22(30)34-21)11-13-1-8-17(9-2-13)33-20-10-5-15(23(25,26)27)12-19(20)29(31)32/h1-12H/b18-11-. The first-order valence-corrected chi connectivity index (χ1v) is 10.3. The fourth-order valence-corrected chi connectivity index (χ4v) is 3.23. The summed E-state index contributed by atoms with van der Waals surface area (Å²) < 4.78 is 50.0. The maximum absolute atomic E-state index is 12.9. The SMILES string of the molecule is O=C1OC(c2ccc(Br)cc2)=N/C1=C\c1ccc(Oc2ccc(C(F)(F)F)cc2[N+](=O)[O-])cc1. The van der Waals surface area contributed by atoms with Crippen LogP contribution in [0.5, 0.6) is 11.5 Å². The Labute approximate surface area is 198 Å². The van der Waals surface area contributed by atoms with Crippen LogP contribution >= 0.6 is 15.9 Å². The van der Waals surface area contributed by atoms with Crippen LogP contribution in [0.4, 0.5) is 18.9 Å². The van der Waals surface area contributed by atoms with E-state index in [1.807, 2.05) is 0 Å². The second-order valence-electron chi connectivity index (χ2n) is 6.95. The molecule has 0 atom stereocenters. The van der Waals surface area contributed by atoms with Gasteiger partial charge in [0.15, 0.2) is 5.70 Å². The first kappa shape index (κ1) is 23.2. The minimum absolute atomic E-state index is 0.0740. The average Bonchev–Trinajstić information content (AvgIpc) is 3.15. The number of hydrogen-bond donors (Lipinski definition) is 0. The summed E-state index contributed by atoms with van der Waals surface area (Å²) in [7, 11) is 0. The van der Waals surface area contributed by atoms with E-state index in [9.17, 15) is 28.1 Å². The number of carbonyl (C=O) groups is 1. The van der Waals surface area contributed by atoms with Crippen molar-refractivity contribution in [3.8, 4) is 11.5 Å². The maximum atomic E-state index is 12.9. The number of esters is 1. The molecule has 0 saturated carbocycles. The molecule has 34 heavy (non-hydrogen) atoms. The van der Waals surface area contributed by atoms with Gasteiger partial charge in [0.25, 0.3) is 0 Å². The van der Waals surface area contributed by atoms with Crippen molar-refractivity contribution in [3.05, 3.63) is 104 Å². The summed E-state index contributed by atoms with van der Waals surface area (Å²) in [6.45, 7) is 0. The third-order valence-electron chi connectivity index (χ3n) is 4.61. The second-order valence-corrected chi connectivity index (χ2v) is 7.87. The lowest BCUT2D eigenvalue weighted by atomic mass is 10.1. The molecule has 3 aromatic carbocycles. The lowest BCUT2D eigenvalue weighted by Gasteiger charge is -2.10. The van der Waals surface area contributed by atoms with Gasteiger partial charge in [-0.2, -0.15) is 13.2 Å². The van der Waals surface area contributed by atoms with Crippen molar-refractivity contribution in [2.24, 2.45) is 4.99 Å². The highest BCUT2D eigenvalue weighted by atomic mass is 79.9. The van der Waals surface area contributed by atoms with E-state index < -0.39 is 28.3 Å². The summed E-state index contributed by atoms with van der Waals surface area (Å²) in [5.74, 6) is -0.651. The molecule has 1 heterocycles. The number of nitrogens with zero attached hydrogens (tertiary/aromatic N) is 2. The molecule has 0 aromatic heterocycles. The highest BCUT2D eigenvalue weighted by Gasteiger charge is 2.33. The van der Waals surface area contributed by atoms with E-state index in [4.69, 9.17) is 9.47 Å². The predicted octanol–water partition coefficient (Wildman–Crippen LogP) is 6.51. The van der Waals surface area contributed by atoms with Gasteiger partial charge in [0, 0.05) is 16.1 Å². The highest BCUT2D eigenvalue weighted by molar-refractivity contribution is 9.10. The molecular weight excluding hydrogens is 521 g/mol. The Balaban J connectivity index is 1.54. The normalized spacial score (nSPS) is 14.6. The lowest BCUT2D eigenvalue weighted by molar-refractivity contribution is -0.385. The van der Waals surface area contributed by atoms with Gasteiger partial charge in [0.2, 0.25) is 11.6 Å². The van der Waals surface area contributed by atoms with Gasteiger partial charge in [-0.1, -0.05) is 28.1 Å². The first-order valence-electron chi connectivity index (χ1n) is 9.52. The van der Waals surface area contributed by atoms with Gasteiger partial charge in [-0.05, 0) is 60.2 Å². The summed E-state index contributed by atoms with van der Waals surface area (Å²) in [6.07, 6.45) is -3.24. The summed E-state index contributed by atoms with van der Waals surface area (Å²) in [6, 6.07) is 15.1. The number of nitro benzene ring substituents is 1. The monoisotopic (exact) mass is 532 g/mol. The molecule has 0 spiro atoms. The van der Waals surface area contributed by atoms with Gasteiger partial charge in [0.1, 0.15) is 5.75 Å². The van der Waals surface area contributed by atoms with Crippen LogP contribution < -0.4 is 4.74 Å². The Morgan fingerprint density at radius 3 is 2.32 bits per heavy atom. The Hall–Kier alpha value is -3.99. The number of benzene rings is 3. The number of nitro groups is 1. The molecule has 0 unspecified atom stereocenters. The van der Waals surface area contributed by atoms with Crippen molar-refractivity contribution in [3.63, 3.8) is 0 Å². The number of rotatable bonds is 5. The summed E-state index contributed by atoms with van der Waals surface area (Å²) in [5.41, 5.74) is -0.710. The summed E-state index contributed by atoms with van der Waals surface area (Å²) in [5, 5.41) is 11.2. The third-order valence-corrected chi connectivity index (χ3v) is 5.13. The molecule has 0 amide bonds. The Kier molecular flexibility index (Phi) is 6.20. The molecule has 0 saturated heterocycles. The van der Waals surface area contributed by atoms with E-state index in [2.05, 4.69) is 20.9 Å². The van der Waals surface area contributed by atoms with E-state index in [0.29, 0.717) is 23.3 Å². The van der Waals surface area contributed by atoms with E-state index in [1.54, 1.807) is 36.4 Å². The number of alkyl halides is 3. The van der Waals surface area contributed by atoms with Gasteiger partial charge < -0.3 is 9.47 Å². The van der Waals surface area contributed by atoms with E-state index in [-0.39, 0.29) is 23.1 Å². The minimum Gasteiger partial charge on any atom is -0.450 e. The third kappa shape index (κ3) is 5.15. The second kappa shape index (κ2) is 9.10. The fraction of sp³-hybridized carbons (Fsp3) is 0.0435. The van der Waals surface area contributed by atoms with Gasteiger partial charge in [-0.15, -0.1) is 0 Å². The Bertz CT molecular complexity index is 1330. The molecule has 0 radical (unpaired) electrons. The maximum Gasteiger partial charge on any atom is 0.416 e. The predicted molar refractivity (Wildman–Crippen MR) is 119 cm³/mol. The molecular formula is C23H12BrF3N2O5. The van der Waals surface area contributed by atoms with Crippen LogP contribution in [0.1, 0.15) is 16.7 Å². The van der Waals surface area contributed by atoms with Crippen molar-refractivity contribution >= 4 is 39.6 Å². The molecule has 0 aliphatic carbocycles. The molecule has 3 aromatic rings. The van der Waals surface area contributed by atoms with Crippen molar-refractivity contribution < 1.29 is 32.4 Å². The summed E-state index contributed by atoms with van der Waals surface area (Å²) in [4.78, 5) is 26.6. The number of ether oxygens (including phenoxy) is 2. The molecule has 1 aliphatic rings. The van der Waals surface area contributed by atoms with E-state index >= 15 is 0 Å². The number of aliphatic imine (C=N–C) groups is 1. The van der Waals surface area contributed by atoms with Crippen molar-refractivity contribution in [2.45, 2.75) is 6.18 Å². The molecule has 4 rings (SSSR count). The number of carbonyl (C=O) groups excluding carboxylic acids is 1. The largest absolute Gasteiger partial charge is 0.450 e. The molecule has 172 valence electrons. The van der Waals surface area contributed by atoms with Crippen LogP contribution in [0.3, 0.4) is 0 Å². The van der Waals surface area contributed by atoms with Crippen LogP contribution in [0, 0.1) is 10.1 Å². The summed E-state index contributed by atoms with van der Waals surface area (Å²) >= 11 is 3.32. The zero-order valence-corrected chi connectivity index (χ0v) is 18.5. The quantitative estimate of drug-likeness (QED) is 0.161. The van der Waals surface area contributed by atoms with Crippen LogP contribution in [0.25, 0.3) is 6.08 Å². The molecule has 0 fully saturated rings. The lowest BCUT2D eigenvalue weighted by Crippen LogP contribution is -2.06. The topological polar surface area (TPSA) is 91.0 Å². The van der Waals surface area contributed by atoms with Crippen molar-refractivity contribution in [1.29, 1.82) is 0 Å². The number of cyclic esters (lactones) is 1. The minimum atomic E-state index is -4.72. The van der Waals surface area contributed by atoms with Gasteiger partial charge in [0.05, 0.1) is 10.5 Å². The van der Waals surface area contributed by atoms with Crippen LogP contribution in [0.2, 0.25) is 0 Å². The Morgan fingerprint density at radius 1 is 1.03 bits per heavy atom. The van der Waals surface area contributed by atoms with E-state index in [1.165, 1.54) is 18.2 Å². The van der Waals surface area contributed by atoms with E-state index in [0.717, 1.165) is 10.5 Å².